The number of benzene rings is 1. The van der Waals surface area contributed by atoms with Crippen molar-refractivity contribution < 1.29 is 14.6 Å². The summed E-state index contributed by atoms with van der Waals surface area (Å²) in [4.78, 5) is 11.1. The molecule has 0 aliphatic heterocycles. The highest BCUT2D eigenvalue weighted by molar-refractivity contribution is 5.70. The van der Waals surface area contributed by atoms with Gasteiger partial charge in [0.05, 0.1) is 5.60 Å². The fourth-order valence-corrected chi connectivity index (χ4v) is 3.25. The van der Waals surface area contributed by atoms with Crippen molar-refractivity contribution in [2.75, 3.05) is 0 Å². The molecule has 0 spiro atoms. The summed E-state index contributed by atoms with van der Waals surface area (Å²) < 4.78 is 5.27. The quantitative estimate of drug-likeness (QED) is 0.677. The summed E-state index contributed by atoms with van der Waals surface area (Å²) in [5.74, 6) is 1.19. The smallest absolute Gasteiger partial charge is 0.308 e. The van der Waals surface area contributed by atoms with Gasteiger partial charge in [-0.05, 0) is 68.2 Å². The van der Waals surface area contributed by atoms with Crippen molar-refractivity contribution in [1.29, 1.82) is 0 Å². The van der Waals surface area contributed by atoms with Crippen LogP contribution < -0.4 is 4.74 Å². The summed E-state index contributed by atoms with van der Waals surface area (Å²) in [6.45, 7) is 9.29. The molecule has 0 saturated carbocycles. The largest absolute Gasteiger partial charge is 0.426 e. The lowest BCUT2D eigenvalue weighted by Crippen LogP contribution is -2.21. The Bertz CT molecular complexity index is 526. The topological polar surface area (TPSA) is 46.5 Å². The van der Waals surface area contributed by atoms with Crippen LogP contribution in [0.3, 0.4) is 0 Å². The molecule has 3 heteroatoms. The molecule has 1 aliphatic carbocycles. The lowest BCUT2D eigenvalue weighted by atomic mass is 9.88. The van der Waals surface area contributed by atoms with E-state index in [2.05, 4.69) is 13.0 Å². The first-order valence-corrected chi connectivity index (χ1v) is 7.22. The highest BCUT2D eigenvalue weighted by Crippen LogP contribution is 2.47. The molecule has 1 aromatic carbocycles. The number of esters is 1. The fourth-order valence-electron chi connectivity index (χ4n) is 3.25. The second-order valence-corrected chi connectivity index (χ2v) is 6.69. The SMILES string of the molecule is CC(=O)Oc1cc2c(cc1C)[C@@H](CC(C)(C)O)C[C@@H]2C. The van der Waals surface area contributed by atoms with Crippen molar-refractivity contribution in [2.24, 2.45) is 0 Å². The molecule has 0 unspecified atom stereocenters. The minimum absolute atomic E-state index is 0.285. The van der Waals surface area contributed by atoms with Gasteiger partial charge < -0.3 is 9.84 Å². The number of carbonyl (C=O) groups excluding carboxylic acids is 1. The van der Waals surface area contributed by atoms with E-state index in [-0.39, 0.29) is 5.97 Å². The van der Waals surface area contributed by atoms with Gasteiger partial charge in [0.1, 0.15) is 5.75 Å². The summed E-state index contributed by atoms with van der Waals surface area (Å²) in [5.41, 5.74) is 2.87. The average Bonchev–Trinajstić information content (AvgIpc) is 2.53. The van der Waals surface area contributed by atoms with E-state index in [1.807, 2.05) is 26.8 Å². The number of fused-ring (bicyclic) bond motifs is 1. The molecule has 0 fully saturated rings. The van der Waals surface area contributed by atoms with Crippen LogP contribution in [0.1, 0.15) is 69.1 Å². The summed E-state index contributed by atoms with van der Waals surface area (Å²) in [6, 6.07) is 4.12. The molecule has 110 valence electrons. The van der Waals surface area contributed by atoms with Crippen LogP contribution >= 0.6 is 0 Å². The molecule has 0 bridgehead atoms. The van der Waals surface area contributed by atoms with E-state index in [1.165, 1.54) is 18.1 Å². The first-order chi connectivity index (χ1) is 9.17. The maximum atomic E-state index is 11.1. The summed E-state index contributed by atoms with van der Waals surface area (Å²) in [6.07, 6.45) is 1.80. The predicted molar refractivity (Wildman–Crippen MR) is 79.2 cm³/mol. The summed E-state index contributed by atoms with van der Waals surface area (Å²) in [7, 11) is 0. The van der Waals surface area contributed by atoms with Crippen LogP contribution in [0.5, 0.6) is 5.75 Å². The Labute approximate surface area is 121 Å². The Morgan fingerprint density at radius 2 is 2.05 bits per heavy atom. The Kier molecular flexibility index (Phi) is 3.92. The maximum Gasteiger partial charge on any atom is 0.308 e. The molecule has 1 N–H and O–H groups in total. The Morgan fingerprint density at radius 1 is 1.40 bits per heavy atom. The van der Waals surface area contributed by atoms with Crippen molar-refractivity contribution in [3.05, 3.63) is 28.8 Å². The average molecular weight is 276 g/mol. The predicted octanol–water partition coefficient (Wildman–Crippen LogP) is 3.67. The Balaban J connectivity index is 2.36. The van der Waals surface area contributed by atoms with E-state index in [4.69, 9.17) is 4.74 Å². The lowest BCUT2D eigenvalue weighted by molar-refractivity contribution is -0.131. The highest BCUT2D eigenvalue weighted by atomic mass is 16.5. The number of hydrogen-bond donors (Lipinski definition) is 1. The van der Waals surface area contributed by atoms with Gasteiger partial charge in [-0.25, -0.2) is 0 Å². The zero-order valence-corrected chi connectivity index (χ0v) is 13.0. The van der Waals surface area contributed by atoms with Gasteiger partial charge in [0.15, 0.2) is 0 Å². The molecular weight excluding hydrogens is 252 g/mol. The van der Waals surface area contributed by atoms with Gasteiger partial charge >= 0.3 is 5.97 Å². The third kappa shape index (κ3) is 3.21. The molecule has 0 aromatic heterocycles. The van der Waals surface area contributed by atoms with Crippen LogP contribution in [0, 0.1) is 6.92 Å². The molecule has 20 heavy (non-hydrogen) atoms. The number of ether oxygens (including phenoxy) is 1. The number of aliphatic hydroxyl groups is 1. The molecular formula is C17H24O3. The molecule has 2 rings (SSSR count). The second-order valence-electron chi connectivity index (χ2n) is 6.69. The molecule has 0 amide bonds. The number of carbonyl (C=O) groups is 1. The zero-order valence-electron chi connectivity index (χ0n) is 13.0. The first kappa shape index (κ1) is 15.0. The van der Waals surface area contributed by atoms with Gasteiger partial charge in [0.25, 0.3) is 0 Å². The van der Waals surface area contributed by atoms with Crippen LogP contribution in [-0.2, 0) is 4.79 Å². The Morgan fingerprint density at radius 3 is 2.60 bits per heavy atom. The third-order valence-electron chi connectivity index (χ3n) is 3.99. The van der Waals surface area contributed by atoms with Crippen molar-refractivity contribution in [3.8, 4) is 5.75 Å². The van der Waals surface area contributed by atoms with Gasteiger partial charge in [0, 0.05) is 6.92 Å². The number of hydrogen-bond acceptors (Lipinski definition) is 3. The van der Waals surface area contributed by atoms with Gasteiger partial charge in [-0.1, -0.05) is 13.0 Å². The summed E-state index contributed by atoms with van der Waals surface area (Å²) >= 11 is 0. The minimum atomic E-state index is -0.658. The van der Waals surface area contributed by atoms with Gasteiger partial charge in [-0.15, -0.1) is 0 Å². The molecule has 0 radical (unpaired) electrons. The first-order valence-electron chi connectivity index (χ1n) is 7.22. The molecule has 0 heterocycles. The van der Waals surface area contributed by atoms with Crippen molar-refractivity contribution in [3.63, 3.8) is 0 Å². The Hall–Kier alpha value is -1.35. The van der Waals surface area contributed by atoms with Gasteiger partial charge in [-0.3, -0.25) is 4.79 Å². The van der Waals surface area contributed by atoms with Gasteiger partial charge in [-0.2, -0.15) is 0 Å². The fraction of sp³-hybridized carbons (Fsp3) is 0.588. The van der Waals surface area contributed by atoms with Crippen molar-refractivity contribution in [1.82, 2.24) is 0 Å². The van der Waals surface area contributed by atoms with Crippen LogP contribution in [0.4, 0.5) is 0 Å². The van der Waals surface area contributed by atoms with Crippen LogP contribution in [0.15, 0.2) is 12.1 Å². The summed E-state index contributed by atoms with van der Waals surface area (Å²) in [5, 5.41) is 10.1. The molecule has 3 nitrogen and oxygen atoms in total. The zero-order chi connectivity index (χ0) is 15.1. The molecule has 2 atom stereocenters. The van der Waals surface area contributed by atoms with Crippen LogP contribution in [0.25, 0.3) is 0 Å². The van der Waals surface area contributed by atoms with E-state index < -0.39 is 5.60 Å². The maximum absolute atomic E-state index is 11.1. The normalized spacial score (nSPS) is 21.7. The van der Waals surface area contributed by atoms with Crippen LogP contribution in [0.2, 0.25) is 0 Å². The van der Waals surface area contributed by atoms with Crippen LogP contribution in [-0.4, -0.2) is 16.7 Å². The third-order valence-corrected chi connectivity index (χ3v) is 3.99. The standard InChI is InChI=1S/C17H24O3/c1-10-6-13(9-17(4,5)19)15-7-11(2)16(8-14(10)15)20-12(3)18/h7-8,10,13,19H,6,9H2,1-5H3/t10-,13+/m0/s1. The number of aryl methyl sites for hydroxylation is 1. The molecule has 1 aliphatic rings. The molecule has 1 aromatic rings. The number of rotatable bonds is 3. The molecule has 0 saturated heterocycles. The van der Waals surface area contributed by atoms with Crippen molar-refractivity contribution in [2.45, 2.75) is 64.9 Å². The minimum Gasteiger partial charge on any atom is -0.426 e. The second kappa shape index (κ2) is 5.21. The van der Waals surface area contributed by atoms with E-state index >= 15 is 0 Å². The van der Waals surface area contributed by atoms with E-state index in [0.717, 1.165) is 18.4 Å². The van der Waals surface area contributed by atoms with E-state index in [1.54, 1.807) is 0 Å². The van der Waals surface area contributed by atoms with Crippen molar-refractivity contribution >= 4 is 5.97 Å². The lowest BCUT2D eigenvalue weighted by Gasteiger charge is -2.23. The van der Waals surface area contributed by atoms with E-state index in [0.29, 0.717) is 17.6 Å². The monoisotopic (exact) mass is 276 g/mol. The van der Waals surface area contributed by atoms with E-state index in [9.17, 15) is 9.90 Å². The highest BCUT2D eigenvalue weighted by Gasteiger charge is 2.32. The van der Waals surface area contributed by atoms with Gasteiger partial charge in [0.2, 0.25) is 0 Å².